The number of carbonyl (C=O) groups is 1. The van der Waals surface area contributed by atoms with E-state index in [9.17, 15) is 9.59 Å². The van der Waals surface area contributed by atoms with Crippen molar-refractivity contribution < 1.29 is 4.79 Å². The molecule has 1 heterocycles. The number of halogens is 1. The number of nitrogens with one attached hydrogen (secondary N) is 2. The Morgan fingerprint density at radius 3 is 2.53 bits per heavy atom. The van der Waals surface area contributed by atoms with Crippen LogP contribution in [-0.2, 0) is 11.3 Å². The van der Waals surface area contributed by atoms with Crippen LogP contribution in [0.1, 0.15) is 32.0 Å². The summed E-state index contributed by atoms with van der Waals surface area (Å²) in [5, 5.41) is 3.07. The second kappa shape index (κ2) is 4.92. The van der Waals surface area contributed by atoms with E-state index in [-0.39, 0.29) is 18.0 Å². The molecule has 0 aliphatic rings. The summed E-state index contributed by atoms with van der Waals surface area (Å²) in [5.74, 6) is -0.117. The molecule has 0 atom stereocenters. The van der Waals surface area contributed by atoms with Crippen molar-refractivity contribution in [2.24, 2.45) is 5.41 Å². The Hall–Kier alpha value is -1.29. The number of aromatic amines is 1. The molecule has 0 fully saturated rings. The summed E-state index contributed by atoms with van der Waals surface area (Å²) in [5.41, 5.74) is 0.342. The van der Waals surface area contributed by atoms with Crippen LogP contribution < -0.4 is 10.9 Å². The number of H-pyrrole nitrogens is 1. The highest BCUT2D eigenvalue weighted by Gasteiger charge is 2.21. The third kappa shape index (κ3) is 3.60. The van der Waals surface area contributed by atoms with E-state index in [1.165, 1.54) is 0 Å². The molecular formula is C12H17ClN2O2. The number of carbonyl (C=O) groups excluding carboxylic acids is 1. The molecule has 0 aliphatic heterocycles. The molecule has 0 unspecified atom stereocenters. The van der Waals surface area contributed by atoms with E-state index in [4.69, 9.17) is 11.6 Å². The summed E-state index contributed by atoms with van der Waals surface area (Å²) in [6, 6.07) is 1.67. The van der Waals surface area contributed by atoms with E-state index in [0.717, 1.165) is 0 Å². The molecule has 0 saturated heterocycles. The Bertz CT molecular complexity index is 486. The molecule has 0 radical (unpaired) electrons. The third-order valence-corrected chi connectivity index (χ3v) is 2.66. The van der Waals surface area contributed by atoms with Gasteiger partial charge in [-0.25, -0.2) is 0 Å². The van der Waals surface area contributed by atoms with Gasteiger partial charge in [-0.1, -0.05) is 32.4 Å². The Kier molecular flexibility index (Phi) is 3.98. The molecule has 4 nitrogen and oxygen atoms in total. The fourth-order valence-corrected chi connectivity index (χ4v) is 1.59. The molecule has 94 valence electrons. The second-order valence-electron chi connectivity index (χ2n) is 5.04. The number of hydrogen-bond donors (Lipinski definition) is 2. The van der Waals surface area contributed by atoms with Crippen LogP contribution in [0, 0.1) is 12.3 Å². The minimum absolute atomic E-state index is 0.117. The molecule has 5 heteroatoms. The second-order valence-corrected chi connectivity index (χ2v) is 5.45. The van der Waals surface area contributed by atoms with Crippen LogP contribution in [0.3, 0.4) is 0 Å². The van der Waals surface area contributed by atoms with Gasteiger partial charge in [0.1, 0.15) is 0 Å². The quantitative estimate of drug-likeness (QED) is 0.850. The molecule has 17 heavy (non-hydrogen) atoms. The van der Waals surface area contributed by atoms with Crippen LogP contribution in [0.5, 0.6) is 0 Å². The van der Waals surface area contributed by atoms with Crippen LogP contribution >= 0.6 is 11.6 Å². The lowest BCUT2D eigenvalue weighted by atomic mass is 9.95. The highest BCUT2D eigenvalue weighted by atomic mass is 35.5. The first-order chi connectivity index (χ1) is 7.71. The van der Waals surface area contributed by atoms with Gasteiger partial charge in [-0.15, -0.1) is 0 Å². The zero-order valence-electron chi connectivity index (χ0n) is 10.5. The van der Waals surface area contributed by atoms with Gasteiger partial charge in [0.25, 0.3) is 5.56 Å². The molecule has 1 aromatic rings. The Labute approximate surface area is 105 Å². The monoisotopic (exact) mass is 256 g/mol. The highest BCUT2D eigenvalue weighted by molar-refractivity contribution is 6.31. The minimum atomic E-state index is -0.482. The first-order valence-electron chi connectivity index (χ1n) is 5.38. The summed E-state index contributed by atoms with van der Waals surface area (Å²) in [4.78, 5) is 25.9. The lowest BCUT2D eigenvalue weighted by Gasteiger charge is -2.17. The molecule has 0 spiro atoms. The van der Waals surface area contributed by atoms with E-state index >= 15 is 0 Å². The summed E-state index contributed by atoms with van der Waals surface area (Å²) in [7, 11) is 0. The molecule has 0 aromatic carbocycles. The van der Waals surface area contributed by atoms with Crippen molar-refractivity contribution in [3.05, 3.63) is 32.7 Å². The standard InChI is InChI=1S/C12H17ClN2O2/c1-7-5-9(13)8(10(16)15-7)6-14-11(17)12(2,3)4/h5H,6H2,1-4H3,(H,14,17)(H,15,16). The average molecular weight is 257 g/mol. The smallest absolute Gasteiger partial charge is 0.254 e. The van der Waals surface area contributed by atoms with Crippen molar-refractivity contribution in [1.29, 1.82) is 0 Å². The predicted molar refractivity (Wildman–Crippen MR) is 68.1 cm³/mol. The topological polar surface area (TPSA) is 62.0 Å². The largest absolute Gasteiger partial charge is 0.351 e. The van der Waals surface area contributed by atoms with E-state index in [0.29, 0.717) is 16.3 Å². The lowest BCUT2D eigenvalue weighted by molar-refractivity contribution is -0.128. The minimum Gasteiger partial charge on any atom is -0.351 e. The Morgan fingerprint density at radius 1 is 1.47 bits per heavy atom. The van der Waals surface area contributed by atoms with E-state index in [1.54, 1.807) is 13.0 Å². The lowest BCUT2D eigenvalue weighted by Crippen LogP contribution is -2.35. The van der Waals surface area contributed by atoms with Gasteiger partial charge < -0.3 is 10.3 Å². The maximum atomic E-state index is 11.7. The number of pyridine rings is 1. The first kappa shape index (κ1) is 13.8. The van der Waals surface area contributed by atoms with Gasteiger partial charge in [0.2, 0.25) is 5.91 Å². The van der Waals surface area contributed by atoms with Crippen molar-refractivity contribution >= 4 is 17.5 Å². The van der Waals surface area contributed by atoms with Crippen molar-refractivity contribution in [2.75, 3.05) is 0 Å². The van der Waals surface area contributed by atoms with Gasteiger partial charge in [-0.2, -0.15) is 0 Å². The summed E-state index contributed by atoms with van der Waals surface area (Å²) in [6.07, 6.45) is 0. The maximum absolute atomic E-state index is 11.7. The first-order valence-corrected chi connectivity index (χ1v) is 5.76. The molecule has 0 aliphatic carbocycles. The van der Waals surface area contributed by atoms with Gasteiger partial charge >= 0.3 is 0 Å². The zero-order chi connectivity index (χ0) is 13.2. The van der Waals surface area contributed by atoms with E-state index in [2.05, 4.69) is 10.3 Å². The SMILES string of the molecule is Cc1cc(Cl)c(CNC(=O)C(C)(C)C)c(=O)[nH]1. The molecule has 1 amide bonds. The number of hydrogen-bond acceptors (Lipinski definition) is 2. The van der Waals surface area contributed by atoms with Crippen molar-refractivity contribution in [3.8, 4) is 0 Å². The number of aryl methyl sites for hydroxylation is 1. The van der Waals surface area contributed by atoms with Gasteiger partial charge in [0.15, 0.2) is 0 Å². The van der Waals surface area contributed by atoms with Gasteiger partial charge in [-0.3, -0.25) is 9.59 Å². The zero-order valence-corrected chi connectivity index (χ0v) is 11.2. The van der Waals surface area contributed by atoms with E-state index in [1.807, 2.05) is 20.8 Å². The molecule has 1 rings (SSSR count). The summed E-state index contributed by atoms with van der Waals surface area (Å²) >= 11 is 5.96. The Morgan fingerprint density at radius 2 is 2.06 bits per heavy atom. The number of aromatic nitrogens is 1. The third-order valence-electron chi connectivity index (χ3n) is 2.32. The van der Waals surface area contributed by atoms with Crippen molar-refractivity contribution in [2.45, 2.75) is 34.2 Å². The Balaban J connectivity index is 2.84. The fraction of sp³-hybridized carbons (Fsp3) is 0.500. The van der Waals surface area contributed by atoms with E-state index < -0.39 is 5.41 Å². The van der Waals surface area contributed by atoms with Crippen molar-refractivity contribution in [3.63, 3.8) is 0 Å². The number of amides is 1. The van der Waals surface area contributed by atoms with Crippen LogP contribution in [-0.4, -0.2) is 10.9 Å². The normalized spacial score (nSPS) is 11.4. The van der Waals surface area contributed by atoms with Gasteiger partial charge in [-0.05, 0) is 13.0 Å². The summed E-state index contributed by atoms with van der Waals surface area (Å²) in [6.45, 7) is 7.32. The molecular weight excluding hydrogens is 240 g/mol. The van der Waals surface area contributed by atoms with Crippen LogP contribution in [0.4, 0.5) is 0 Å². The van der Waals surface area contributed by atoms with Gasteiger partial charge in [0, 0.05) is 17.7 Å². The number of rotatable bonds is 2. The summed E-state index contributed by atoms with van der Waals surface area (Å²) < 4.78 is 0. The van der Waals surface area contributed by atoms with Crippen LogP contribution in [0.15, 0.2) is 10.9 Å². The fourth-order valence-electron chi connectivity index (χ4n) is 1.27. The highest BCUT2D eigenvalue weighted by Crippen LogP contribution is 2.15. The molecule has 0 saturated carbocycles. The van der Waals surface area contributed by atoms with Crippen LogP contribution in [0.25, 0.3) is 0 Å². The molecule has 2 N–H and O–H groups in total. The maximum Gasteiger partial charge on any atom is 0.254 e. The molecule has 1 aromatic heterocycles. The average Bonchev–Trinajstić information content (AvgIpc) is 2.13. The van der Waals surface area contributed by atoms with Crippen molar-refractivity contribution in [1.82, 2.24) is 10.3 Å². The predicted octanol–water partition coefficient (Wildman–Crippen LogP) is 2.00. The van der Waals surface area contributed by atoms with Gasteiger partial charge in [0.05, 0.1) is 10.6 Å². The van der Waals surface area contributed by atoms with Crippen LogP contribution in [0.2, 0.25) is 5.02 Å². The molecule has 0 bridgehead atoms.